The van der Waals surface area contributed by atoms with Crippen molar-refractivity contribution in [2.75, 3.05) is 0 Å². The van der Waals surface area contributed by atoms with Crippen molar-refractivity contribution in [2.24, 2.45) is 0 Å². The van der Waals surface area contributed by atoms with Crippen LogP contribution in [0.1, 0.15) is 36.7 Å². The van der Waals surface area contributed by atoms with E-state index >= 15 is 0 Å². The summed E-state index contributed by atoms with van der Waals surface area (Å²) in [6, 6.07) is 1.79. The Morgan fingerprint density at radius 3 is 2.26 bits per heavy atom. The highest BCUT2D eigenvalue weighted by atomic mass is 35.7. The molecule has 1 amide bonds. The maximum atomic E-state index is 13.4. The van der Waals surface area contributed by atoms with Crippen molar-refractivity contribution < 1.29 is 17.6 Å². The van der Waals surface area contributed by atoms with E-state index in [9.17, 15) is 17.6 Å². The van der Waals surface area contributed by atoms with Crippen LogP contribution in [-0.4, -0.2) is 19.9 Å². The van der Waals surface area contributed by atoms with Gasteiger partial charge in [-0.1, -0.05) is 0 Å². The zero-order valence-electron chi connectivity index (χ0n) is 11.0. The number of hydrogen-bond acceptors (Lipinski definition) is 3. The van der Waals surface area contributed by atoms with E-state index < -0.39 is 31.2 Å². The van der Waals surface area contributed by atoms with Crippen LogP contribution in [0.2, 0.25) is 0 Å². The summed E-state index contributed by atoms with van der Waals surface area (Å²) in [4.78, 5) is 11.6. The summed E-state index contributed by atoms with van der Waals surface area (Å²) < 4.78 is 36.1. The quantitative estimate of drug-likeness (QED) is 0.854. The third kappa shape index (κ3) is 4.18. The monoisotopic (exact) mass is 307 g/mol. The van der Waals surface area contributed by atoms with E-state index in [0.717, 1.165) is 12.1 Å². The third-order valence-electron chi connectivity index (χ3n) is 2.32. The fraction of sp³-hybridized carbons (Fsp3) is 0.417. The van der Waals surface area contributed by atoms with Gasteiger partial charge in [0.1, 0.15) is 5.82 Å². The molecule has 0 fully saturated rings. The standard InChI is InChI=1S/C12H15ClFNO3S/c1-7-9(11(16)15-12(2,3)4)5-8(14)6-10(7)19(13,17)18/h5-6H,1-4H3,(H,15,16). The topological polar surface area (TPSA) is 63.2 Å². The van der Waals surface area contributed by atoms with Crippen LogP contribution in [0.5, 0.6) is 0 Å². The number of nitrogens with one attached hydrogen (secondary N) is 1. The van der Waals surface area contributed by atoms with E-state index in [2.05, 4.69) is 5.32 Å². The van der Waals surface area contributed by atoms with E-state index in [0.29, 0.717) is 0 Å². The number of benzene rings is 1. The predicted octanol–water partition coefficient (Wildman–Crippen LogP) is 2.59. The summed E-state index contributed by atoms with van der Waals surface area (Å²) in [6.07, 6.45) is 0. The Morgan fingerprint density at radius 1 is 1.32 bits per heavy atom. The van der Waals surface area contributed by atoms with Gasteiger partial charge in [0.05, 0.1) is 4.90 Å². The van der Waals surface area contributed by atoms with Crippen LogP contribution in [0.15, 0.2) is 17.0 Å². The summed E-state index contributed by atoms with van der Waals surface area (Å²) in [5.74, 6) is -1.38. The van der Waals surface area contributed by atoms with Crippen molar-refractivity contribution in [3.63, 3.8) is 0 Å². The highest BCUT2D eigenvalue weighted by molar-refractivity contribution is 8.13. The van der Waals surface area contributed by atoms with Crippen LogP contribution in [0.3, 0.4) is 0 Å². The second kappa shape index (κ2) is 5.09. The van der Waals surface area contributed by atoms with Crippen molar-refractivity contribution >= 4 is 25.6 Å². The Balaban J connectivity index is 3.38. The average molecular weight is 308 g/mol. The van der Waals surface area contributed by atoms with Gasteiger partial charge in [0, 0.05) is 21.8 Å². The van der Waals surface area contributed by atoms with Crippen LogP contribution >= 0.6 is 10.7 Å². The number of amides is 1. The van der Waals surface area contributed by atoms with Crippen LogP contribution in [0, 0.1) is 12.7 Å². The molecule has 0 radical (unpaired) electrons. The maximum absolute atomic E-state index is 13.4. The van der Waals surface area contributed by atoms with Crippen LogP contribution < -0.4 is 5.32 Å². The molecule has 0 saturated heterocycles. The molecular weight excluding hydrogens is 293 g/mol. The fourth-order valence-corrected chi connectivity index (χ4v) is 2.76. The number of carbonyl (C=O) groups is 1. The van der Waals surface area contributed by atoms with Crippen molar-refractivity contribution in [3.05, 3.63) is 29.1 Å². The lowest BCUT2D eigenvalue weighted by molar-refractivity contribution is 0.0918. The molecule has 1 N–H and O–H groups in total. The number of rotatable bonds is 2. The Kier molecular flexibility index (Phi) is 4.27. The second-order valence-corrected chi connectivity index (χ2v) is 7.75. The smallest absolute Gasteiger partial charge is 0.261 e. The summed E-state index contributed by atoms with van der Waals surface area (Å²) in [6.45, 7) is 6.70. The Morgan fingerprint density at radius 2 is 1.84 bits per heavy atom. The molecule has 1 aromatic carbocycles. The molecule has 0 aromatic heterocycles. The van der Waals surface area contributed by atoms with Gasteiger partial charge in [-0.3, -0.25) is 4.79 Å². The van der Waals surface area contributed by atoms with E-state index in [-0.39, 0.29) is 11.1 Å². The normalized spacial score (nSPS) is 12.3. The molecule has 4 nitrogen and oxygen atoms in total. The predicted molar refractivity (Wildman–Crippen MR) is 71.4 cm³/mol. The highest BCUT2D eigenvalue weighted by Crippen LogP contribution is 2.24. The van der Waals surface area contributed by atoms with Gasteiger partial charge < -0.3 is 5.32 Å². The molecule has 0 heterocycles. The summed E-state index contributed by atoms with van der Waals surface area (Å²) in [5, 5.41) is 2.64. The molecule has 0 atom stereocenters. The van der Waals surface area contributed by atoms with Gasteiger partial charge >= 0.3 is 0 Å². The molecule has 0 bridgehead atoms. The molecule has 0 aliphatic rings. The molecule has 0 unspecified atom stereocenters. The Bertz CT molecular complexity index is 621. The first-order valence-electron chi connectivity index (χ1n) is 5.49. The van der Waals surface area contributed by atoms with Gasteiger partial charge in [0.2, 0.25) is 0 Å². The summed E-state index contributed by atoms with van der Waals surface area (Å²) in [7, 11) is 1.12. The number of halogens is 2. The fourth-order valence-electron chi connectivity index (χ4n) is 1.55. The first-order chi connectivity index (χ1) is 8.42. The minimum absolute atomic E-state index is 0.0471. The van der Waals surface area contributed by atoms with Crippen LogP contribution in [-0.2, 0) is 9.05 Å². The molecule has 0 spiro atoms. The van der Waals surface area contributed by atoms with Gasteiger partial charge in [0.15, 0.2) is 0 Å². The van der Waals surface area contributed by atoms with Crippen molar-refractivity contribution in [2.45, 2.75) is 38.1 Å². The first kappa shape index (κ1) is 15.9. The first-order valence-corrected chi connectivity index (χ1v) is 7.80. The van der Waals surface area contributed by atoms with Crippen molar-refractivity contribution in [3.8, 4) is 0 Å². The lowest BCUT2D eigenvalue weighted by Gasteiger charge is -2.21. The van der Waals surface area contributed by atoms with Gasteiger partial charge in [-0.2, -0.15) is 0 Å². The van der Waals surface area contributed by atoms with E-state index in [4.69, 9.17) is 10.7 Å². The van der Waals surface area contributed by atoms with Crippen LogP contribution in [0.4, 0.5) is 4.39 Å². The molecule has 0 aliphatic carbocycles. The van der Waals surface area contributed by atoms with E-state index in [1.54, 1.807) is 20.8 Å². The Hall–Kier alpha value is -1.14. The second-order valence-electron chi connectivity index (χ2n) is 5.22. The number of hydrogen-bond donors (Lipinski definition) is 1. The zero-order valence-corrected chi connectivity index (χ0v) is 12.6. The van der Waals surface area contributed by atoms with Gasteiger partial charge in [-0.25, -0.2) is 12.8 Å². The molecule has 0 saturated carbocycles. The lowest BCUT2D eigenvalue weighted by atomic mass is 10.0. The average Bonchev–Trinajstić information content (AvgIpc) is 2.16. The van der Waals surface area contributed by atoms with Crippen molar-refractivity contribution in [1.82, 2.24) is 5.32 Å². The molecule has 7 heteroatoms. The molecule has 1 aromatic rings. The lowest BCUT2D eigenvalue weighted by Crippen LogP contribution is -2.41. The largest absolute Gasteiger partial charge is 0.347 e. The SMILES string of the molecule is Cc1c(C(=O)NC(C)(C)C)cc(F)cc1S(=O)(=O)Cl. The van der Waals surface area contributed by atoms with Crippen molar-refractivity contribution in [1.29, 1.82) is 0 Å². The van der Waals surface area contributed by atoms with E-state index in [1.807, 2.05) is 0 Å². The number of carbonyl (C=O) groups excluding carboxylic acids is 1. The maximum Gasteiger partial charge on any atom is 0.261 e. The summed E-state index contributed by atoms with van der Waals surface area (Å²) >= 11 is 0. The zero-order chi connectivity index (χ0) is 15.0. The van der Waals surface area contributed by atoms with E-state index in [1.165, 1.54) is 6.92 Å². The van der Waals surface area contributed by atoms with Gasteiger partial charge in [-0.05, 0) is 45.4 Å². The summed E-state index contributed by atoms with van der Waals surface area (Å²) in [5.41, 5.74) is -0.442. The minimum Gasteiger partial charge on any atom is -0.347 e. The van der Waals surface area contributed by atoms with Gasteiger partial charge in [-0.15, -0.1) is 0 Å². The minimum atomic E-state index is -4.10. The molecule has 106 valence electrons. The highest BCUT2D eigenvalue weighted by Gasteiger charge is 2.23. The van der Waals surface area contributed by atoms with Gasteiger partial charge in [0.25, 0.3) is 15.0 Å². The Labute approximate surface area is 116 Å². The molecular formula is C12H15ClFNO3S. The van der Waals surface area contributed by atoms with Crippen LogP contribution in [0.25, 0.3) is 0 Å². The molecule has 19 heavy (non-hydrogen) atoms. The molecule has 0 aliphatic heterocycles. The third-order valence-corrected chi connectivity index (χ3v) is 3.77. The molecule has 1 rings (SSSR count).